The van der Waals surface area contributed by atoms with Crippen LogP contribution in [0.4, 0.5) is 0 Å². The van der Waals surface area contributed by atoms with Gasteiger partial charge in [-0.05, 0) is 19.3 Å². The van der Waals surface area contributed by atoms with Crippen molar-refractivity contribution < 1.29 is 14.3 Å². The van der Waals surface area contributed by atoms with Gasteiger partial charge in [-0.25, -0.2) is 9.97 Å². The number of amides is 1. The summed E-state index contributed by atoms with van der Waals surface area (Å²) in [5, 5.41) is 2.93. The zero-order valence-corrected chi connectivity index (χ0v) is 14.1. The van der Waals surface area contributed by atoms with Crippen LogP contribution in [0.15, 0.2) is 12.4 Å². The van der Waals surface area contributed by atoms with Gasteiger partial charge < -0.3 is 14.8 Å². The molecule has 2 aliphatic rings. The first-order valence-corrected chi connectivity index (χ1v) is 8.80. The molecular weight excluding hydrogens is 308 g/mol. The molecule has 0 spiro atoms. The fourth-order valence-corrected chi connectivity index (χ4v) is 2.94. The summed E-state index contributed by atoms with van der Waals surface area (Å²) in [6, 6.07) is 0. The highest BCUT2D eigenvalue weighted by Gasteiger charge is 2.18. The second-order valence-electron chi connectivity index (χ2n) is 6.29. The van der Waals surface area contributed by atoms with E-state index in [0.29, 0.717) is 13.0 Å². The minimum absolute atomic E-state index is 0.0240. The molecule has 24 heavy (non-hydrogen) atoms. The molecule has 1 N–H and O–H groups in total. The predicted molar refractivity (Wildman–Crippen MR) is 88.3 cm³/mol. The molecule has 0 saturated carbocycles. The normalized spacial score (nSPS) is 22.2. The van der Waals surface area contributed by atoms with Gasteiger partial charge >= 0.3 is 0 Å². The third kappa shape index (κ3) is 5.22. The maximum absolute atomic E-state index is 11.9. The Morgan fingerprint density at radius 1 is 1.21 bits per heavy atom. The van der Waals surface area contributed by atoms with E-state index in [0.717, 1.165) is 70.1 Å². The van der Waals surface area contributed by atoms with Gasteiger partial charge in [0.2, 0.25) is 5.91 Å². The number of aromatic nitrogens is 2. The van der Waals surface area contributed by atoms with E-state index in [1.54, 1.807) is 12.4 Å². The lowest BCUT2D eigenvalue weighted by Gasteiger charge is -2.26. The number of nitrogens with zero attached hydrogens (tertiary/aromatic N) is 3. The van der Waals surface area contributed by atoms with E-state index in [1.807, 2.05) is 0 Å². The molecule has 2 aliphatic heterocycles. The van der Waals surface area contributed by atoms with Crippen molar-refractivity contribution in [3.63, 3.8) is 0 Å². The van der Waals surface area contributed by atoms with E-state index in [2.05, 4.69) is 20.2 Å². The summed E-state index contributed by atoms with van der Waals surface area (Å²) < 4.78 is 11.0. The molecule has 132 valence electrons. The van der Waals surface area contributed by atoms with Gasteiger partial charge in [-0.2, -0.15) is 0 Å². The summed E-state index contributed by atoms with van der Waals surface area (Å²) in [6.07, 6.45) is 7.35. The Hall–Kier alpha value is -1.57. The van der Waals surface area contributed by atoms with Gasteiger partial charge in [-0.15, -0.1) is 0 Å². The summed E-state index contributed by atoms with van der Waals surface area (Å²) in [7, 11) is 0. The van der Waals surface area contributed by atoms with Crippen molar-refractivity contribution >= 4 is 5.91 Å². The van der Waals surface area contributed by atoms with Crippen LogP contribution >= 0.6 is 0 Å². The van der Waals surface area contributed by atoms with Crippen molar-refractivity contribution in [1.29, 1.82) is 0 Å². The zero-order valence-electron chi connectivity index (χ0n) is 14.1. The fourth-order valence-electron chi connectivity index (χ4n) is 2.94. The lowest BCUT2D eigenvalue weighted by Crippen LogP contribution is -2.38. The molecule has 1 aromatic heterocycles. The van der Waals surface area contributed by atoms with E-state index >= 15 is 0 Å². The summed E-state index contributed by atoms with van der Waals surface area (Å²) >= 11 is 0. The molecule has 0 bridgehead atoms. The summed E-state index contributed by atoms with van der Waals surface area (Å²) in [5.74, 6) is 0.804. The first-order chi connectivity index (χ1) is 11.8. The van der Waals surface area contributed by atoms with Gasteiger partial charge in [0, 0.05) is 57.2 Å². The van der Waals surface area contributed by atoms with Gasteiger partial charge in [0.25, 0.3) is 0 Å². The smallest absolute Gasteiger partial charge is 0.221 e. The monoisotopic (exact) mass is 334 g/mol. The van der Waals surface area contributed by atoms with Crippen molar-refractivity contribution in [1.82, 2.24) is 20.2 Å². The van der Waals surface area contributed by atoms with E-state index < -0.39 is 0 Å². The molecule has 1 atom stereocenters. The molecule has 1 amide bonds. The standard InChI is InChI=1S/C17H26N4O3/c22-16(4-5-21-6-9-23-10-7-21)18-11-14-12-19-17(20-13-14)15-3-1-2-8-24-15/h12-13,15H,1-11H2,(H,18,22)/t15-/m1/s1. The van der Waals surface area contributed by atoms with Crippen molar-refractivity contribution in [3.8, 4) is 0 Å². The molecule has 0 radical (unpaired) electrons. The maximum Gasteiger partial charge on any atom is 0.221 e. The minimum Gasteiger partial charge on any atom is -0.379 e. The van der Waals surface area contributed by atoms with Crippen LogP contribution in [-0.2, 0) is 20.8 Å². The van der Waals surface area contributed by atoms with Crippen LogP contribution in [0.1, 0.15) is 43.2 Å². The average molecular weight is 334 g/mol. The minimum atomic E-state index is 0.0240. The molecule has 0 aromatic carbocycles. The Morgan fingerprint density at radius 2 is 2.00 bits per heavy atom. The maximum atomic E-state index is 11.9. The molecule has 3 heterocycles. The molecule has 7 nitrogen and oxygen atoms in total. The highest BCUT2D eigenvalue weighted by Crippen LogP contribution is 2.24. The number of ether oxygens (including phenoxy) is 2. The van der Waals surface area contributed by atoms with Crippen molar-refractivity contribution in [3.05, 3.63) is 23.8 Å². The van der Waals surface area contributed by atoms with E-state index in [4.69, 9.17) is 9.47 Å². The lowest BCUT2D eigenvalue weighted by molar-refractivity contribution is -0.121. The highest BCUT2D eigenvalue weighted by atomic mass is 16.5. The van der Waals surface area contributed by atoms with Gasteiger partial charge in [-0.1, -0.05) is 0 Å². The van der Waals surface area contributed by atoms with Crippen LogP contribution in [0.5, 0.6) is 0 Å². The van der Waals surface area contributed by atoms with Crippen LogP contribution in [0.3, 0.4) is 0 Å². The average Bonchev–Trinajstić information content (AvgIpc) is 2.67. The van der Waals surface area contributed by atoms with E-state index in [1.165, 1.54) is 0 Å². The lowest BCUT2D eigenvalue weighted by atomic mass is 10.1. The van der Waals surface area contributed by atoms with Crippen LogP contribution in [0.25, 0.3) is 0 Å². The summed E-state index contributed by atoms with van der Waals surface area (Å²) in [5.41, 5.74) is 0.911. The predicted octanol–water partition coefficient (Wildman–Crippen LogP) is 1.06. The van der Waals surface area contributed by atoms with Crippen LogP contribution < -0.4 is 5.32 Å². The van der Waals surface area contributed by atoms with Crippen molar-refractivity contribution in [2.75, 3.05) is 39.5 Å². The van der Waals surface area contributed by atoms with Crippen LogP contribution in [0.2, 0.25) is 0 Å². The zero-order chi connectivity index (χ0) is 16.6. The van der Waals surface area contributed by atoms with Crippen molar-refractivity contribution in [2.45, 2.75) is 38.3 Å². The number of morpholine rings is 1. The quantitative estimate of drug-likeness (QED) is 0.838. The van der Waals surface area contributed by atoms with Gasteiger partial charge in [0.1, 0.15) is 6.10 Å². The number of hydrogen-bond acceptors (Lipinski definition) is 6. The van der Waals surface area contributed by atoms with Gasteiger partial charge in [0.05, 0.1) is 13.2 Å². The number of rotatable bonds is 6. The van der Waals surface area contributed by atoms with Crippen LogP contribution in [-0.4, -0.2) is 60.2 Å². The Balaban J connectivity index is 1.38. The third-order valence-electron chi connectivity index (χ3n) is 4.44. The Morgan fingerprint density at radius 3 is 2.71 bits per heavy atom. The summed E-state index contributed by atoms with van der Waals surface area (Å²) in [6.45, 7) is 5.37. The highest BCUT2D eigenvalue weighted by molar-refractivity contribution is 5.76. The topological polar surface area (TPSA) is 76.6 Å². The van der Waals surface area contributed by atoms with Crippen molar-refractivity contribution in [2.24, 2.45) is 0 Å². The van der Waals surface area contributed by atoms with E-state index in [9.17, 15) is 4.79 Å². The third-order valence-corrected chi connectivity index (χ3v) is 4.44. The molecule has 1 aromatic rings. The Kier molecular flexibility index (Phi) is 6.51. The number of nitrogens with one attached hydrogen (secondary N) is 1. The molecule has 0 unspecified atom stereocenters. The fraction of sp³-hybridized carbons (Fsp3) is 0.706. The first kappa shape index (κ1) is 17.3. The molecule has 7 heteroatoms. The Labute approximate surface area is 142 Å². The van der Waals surface area contributed by atoms with Gasteiger partial charge in [0.15, 0.2) is 5.82 Å². The van der Waals surface area contributed by atoms with E-state index in [-0.39, 0.29) is 12.0 Å². The van der Waals surface area contributed by atoms with Gasteiger partial charge in [-0.3, -0.25) is 9.69 Å². The molecule has 3 rings (SSSR count). The largest absolute Gasteiger partial charge is 0.379 e. The second-order valence-corrected chi connectivity index (χ2v) is 6.29. The second kappa shape index (κ2) is 9.05. The first-order valence-electron chi connectivity index (χ1n) is 8.80. The molecule has 0 aliphatic carbocycles. The molecule has 2 saturated heterocycles. The Bertz CT molecular complexity index is 511. The number of carbonyl (C=O) groups is 1. The SMILES string of the molecule is O=C(CCN1CCOCC1)NCc1cnc([C@H]2CCCCO2)nc1. The molecular formula is C17H26N4O3. The number of hydrogen-bond donors (Lipinski definition) is 1. The molecule has 2 fully saturated rings. The van der Waals surface area contributed by atoms with Crippen LogP contribution in [0, 0.1) is 0 Å². The number of carbonyl (C=O) groups excluding carboxylic acids is 1. The summed E-state index contributed by atoms with van der Waals surface area (Å²) in [4.78, 5) is 23.0.